The molecule has 7 heteroatoms. The third-order valence-corrected chi connectivity index (χ3v) is 2.59. The van der Waals surface area contributed by atoms with Crippen LogP contribution in [0.5, 0.6) is 0 Å². The molecule has 0 bridgehead atoms. The van der Waals surface area contributed by atoms with Crippen LogP contribution in [0.25, 0.3) is 0 Å². The Hall–Kier alpha value is -1.92. The average molecular weight is 257 g/mol. The molecule has 0 saturated carbocycles. The first-order chi connectivity index (χ1) is 8.35. The molecular weight excluding hydrogens is 247 g/mol. The van der Waals surface area contributed by atoms with Crippen LogP contribution in [0.15, 0.2) is 34.5 Å². The number of rotatable bonds is 3. The summed E-state index contributed by atoms with van der Waals surface area (Å²) in [6, 6.07) is 5.68. The quantitative estimate of drug-likeness (QED) is 0.888. The zero-order chi connectivity index (χ0) is 13.4. The Morgan fingerprint density at radius 1 is 1.28 bits per heavy atom. The van der Waals surface area contributed by atoms with Crippen molar-refractivity contribution in [2.24, 2.45) is 10.2 Å². The Labute approximate surface area is 101 Å². The van der Waals surface area contributed by atoms with E-state index in [0.29, 0.717) is 5.56 Å². The molecule has 4 nitrogen and oxygen atoms in total. The molecule has 0 saturated heterocycles. The first kappa shape index (κ1) is 12.5. The SMILES string of the molecule is CC(=O)NCc1ccc(C2(C(F)(F)F)N=N2)cc1. The minimum Gasteiger partial charge on any atom is -0.352 e. The van der Waals surface area contributed by atoms with Gasteiger partial charge in [0.1, 0.15) is 0 Å². The molecule has 0 spiro atoms. The zero-order valence-electron chi connectivity index (χ0n) is 9.45. The van der Waals surface area contributed by atoms with Crippen molar-refractivity contribution in [1.29, 1.82) is 0 Å². The molecule has 0 fully saturated rings. The fourth-order valence-electron chi connectivity index (χ4n) is 1.52. The van der Waals surface area contributed by atoms with Gasteiger partial charge in [-0.05, 0) is 5.56 Å². The van der Waals surface area contributed by atoms with E-state index >= 15 is 0 Å². The summed E-state index contributed by atoms with van der Waals surface area (Å²) < 4.78 is 38.1. The van der Waals surface area contributed by atoms with E-state index in [2.05, 4.69) is 15.5 Å². The maximum atomic E-state index is 12.7. The van der Waals surface area contributed by atoms with Crippen LogP contribution >= 0.6 is 0 Å². The number of alkyl halides is 3. The van der Waals surface area contributed by atoms with E-state index in [1.807, 2.05) is 0 Å². The largest absolute Gasteiger partial charge is 0.442 e. The van der Waals surface area contributed by atoms with E-state index in [-0.39, 0.29) is 18.0 Å². The number of carbonyl (C=O) groups excluding carboxylic acids is 1. The second-order valence-electron chi connectivity index (χ2n) is 3.98. The van der Waals surface area contributed by atoms with Crippen molar-refractivity contribution in [1.82, 2.24) is 5.32 Å². The molecule has 1 amide bonds. The Bertz CT molecular complexity index is 487. The Kier molecular flexibility index (Phi) is 2.84. The number of carbonyl (C=O) groups is 1. The summed E-state index contributed by atoms with van der Waals surface area (Å²) in [6.07, 6.45) is -4.51. The number of hydrogen-bond donors (Lipinski definition) is 1. The Balaban J connectivity index is 2.11. The highest BCUT2D eigenvalue weighted by Gasteiger charge is 2.65. The van der Waals surface area contributed by atoms with Crippen LogP contribution in [0.3, 0.4) is 0 Å². The van der Waals surface area contributed by atoms with Crippen molar-refractivity contribution in [2.45, 2.75) is 25.3 Å². The topological polar surface area (TPSA) is 53.8 Å². The van der Waals surface area contributed by atoms with Gasteiger partial charge in [-0.1, -0.05) is 24.3 Å². The summed E-state index contributed by atoms with van der Waals surface area (Å²) in [5, 5.41) is 8.78. The summed E-state index contributed by atoms with van der Waals surface area (Å²) in [4.78, 5) is 10.7. The maximum Gasteiger partial charge on any atom is 0.442 e. The number of hydrogen-bond acceptors (Lipinski definition) is 3. The normalized spacial score (nSPS) is 16.4. The van der Waals surface area contributed by atoms with Crippen molar-refractivity contribution in [3.05, 3.63) is 35.4 Å². The molecule has 2 rings (SSSR count). The van der Waals surface area contributed by atoms with Gasteiger partial charge in [-0.2, -0.15) is 13.2 Å². The molecule has 18 heavy (non-hydrogen) atoms. The summed E-state index contributed by atoms with van der Waals surface area (Å²) in [5.41, 5.74) is -1.67. The van der Waals surface area contributed by atoms with Gasteiger partial charge in [-0.15, -0.1) is 10.2 Å². The van der Waals surface area contributed by atoms with Crippen LogP contribution in [-0.4, -0.2) is 12.1 Å². The van der Waals surface area contributed by atoms with Gasteiger partial charge in [-0.25, -0.2) is 0 Å². The standard InChI is InChI=1S/C11H10F3N3O/c1-7(18)15-6-8-2-4-9(5-3-8)10(16-17-10)11(12,13)14/h2-5H,6H2,1H3,(H,15,18). The van der Waals surface area contributed by atoms with Crippen LogP contribution in [0, 0.1) is 0 Å². The van der Waals surface area contributed by atoms with Crippen molar-refractivity contribution in [3.8, 4) is 0 Å². The van der Waals surface area contributed by atoms with E-state index < -0.39 is 11.8 Å². The highest BCUT2D eigenvalue weighted by molar-refractivity contribution is 5.72. The smallest absolute Gasteiger partial charge is 0.352 e. The monoisotopic (exact) mass is 257 g/mol. The molecule has 1 N–H and O–H groups in total. The lowest BCUT2D eigenvalue weighted by Crippen LogP contribution is -2.30. The molecular formula is C11H10F3N3O. The van der Waals surface area contributed by atoms with Gasteiger partial charge in [0.05, 0.1) is 0 Å². The molecule has 1 aliphatic rings. The van der Waals surface area contributed by atoms with Crippen LogP contribution in [0.2, 0.25) is 0 Å². The number of halogens is 3. The van der Waals surface area contributed by atoms with Crippen molar-refractivity contribution in [2.75, 3.05) is 0 Å². The van der Waals surface area contributed by atoms with Gasteiger partial charge in [0.25, 0.3) is 0 Å². The second kappa shape index (κ2) is 4.08. The average Bonchev–Trinajstić information content (AvgIpc) is 3.07. The van der Waals surface area contributed by atoms with E-state index in [1.54, 1.807) is 0 Å². The molecule has 0 aromatic heterocycles. The van der Waals surface area contributed by atoms with Crippen molar-refractivity contribution in [3.63, 3.8) is 0 Å². The molecule has 0 aliphatic carbocycles. The predicted molar refractivity (Wildman–Crippen MR) is 56.6 cm³/mol. The molecule has 96 valence electrons. The second-order valence-corrected chi connectivity index (χ2v) is 3.98. The minimum absolute atomic E-state index is 0.0124. The predicted octanol–water partition coefficient (Wildman–Crippen LogP) is 2.50. The number of nitrogens with zero attached hydrogens (tertiary/aromatic N) is 2. The molecule has 1 aliphatic heterocycles. The van der Waals surface area contributed by atoms with E-state index in [9.17, 15) is 18.0 Å². The molecule has 0 atom stereocenters. The van der Waals surface area contributed by atoms with Crippen LogP contribution < -0.4 is 5.32 Å². The molecule has 1 heterocycles. The Morgan fingerprint density at radius 3 is 2.22 bits per heavy atom. The van der Waals surface area contributed by atoms with Gasteiger partial charge in [0, 0.05) is 19.0 Å². The van der Waals surface area contributed by atoms with Crippen molar-refractivity contribution < 1.29 is 18.0 Å². The molecule has 0 radical (unpaired) electrons. The summed E-state index contributed by atoms with van der Waals surface area (Å²) >= 11 is 0. The third kappa shape index (κ3) is 2.20. The zero-order valence-corrected chi connectivity index (χ0v) is 9.45. The fourth-order valence-corrected chi connectivity index (χ4v) is 1.52. The molecule has 0 unspecified atom stereocenters. The third-order valence-electron chi connectivity index (χ3n) is 2.59. The summed E-state index contributed by atoms with van der Waals surface area (Å²) in [5.74, 6) is -0.196. The fraction of sp³-hybridized carbons (Fsp3) is 0.364. The van der Waals surface area contributed by atoms with Crippen LogP contribution in [-0.2, 0) is 17.0 Å². The first-order valence-corrected chi connectivity index (χ1v) is 5.20. The highest BCUT2D eigenvalue weighted by Crippen LogP contribution is 2.52. The lowest BCUT2D eigenvalue weighted by Gasteiger charge is -2.15. The molecule has 1 aromatic carbocycles. The molecule has 1 aromatic rings. The van der Waals surface area contributed by atoms with Crippen LogP contribution in [0.1, 0.15) is 18.1 Å². The number of nitrogens with one attached hydrogen (secondary N) is 1. The number of benzene rings is 1. The van der Waals surface area contributed by atoms with Gasteiger partial charge in [0.15, 0.2) is 0 Å². The summed E-state index contributed by atoms with van der Waals surface area (Å²) in [7, 11) is 0. The van der Waals surface area contributed by atoms with Gasteiger partial charge >= 0.3 is 11.8 Å². The van der Waals surface area contributed by atoms with E-state index in [4.69, 9.17) is 0 Å². The lowest BCUT2D eigenvalue weighted by atomic mass is 10.0. The van der Waals surface area contributed by atoms with Gasteiger partial charge < -0.3 is 5.32 Å². The summed E-state index contributed by atoms with van der Waals surface area (Å²) in [6.45, 7) is 1.65. The Morgan fingerprint density at radius 2 is 1.83 bits per heavy atom. The van der Waals surface area contributed by atoms with Gasteiger partial charge in [-0.3, -0.25) is 4.79 Å². The maximum absolute atomic E-state index is 12.7. The highest BCUT2D eigenvalue weighted by atomic mass is 19.4. The minimum atomic E-state index is -4.51. The van der Waals surface area contributed by atoms with E-state index in [1.165, 1.54) is 31.2 Å². The van der Waals surface area contributed by atoms with Crippen LogP contribution in [0.4, 0.5) is 13.2 Å². The number of amides is 1. The lowest BCUT2D eigenvalue weighted by molar-refractivity contribution is -0.166. The van der Waals surface area contributed by atoms with Gasteiger partial charge in [0.2, 0.25) is 5.91 Å². The van der Waals surface area contributed by atoms with E-state index in [0.717, 1.165) is 0 Å². The van der Waals surface area contributed by atoms with Crippen molar-refractivity contribution >= 4 is 5.91 Å². The first-order valence-electron chi connectivity index (χ1n) is 5.20.